The Hall–Kier alpha value is -3.52. The van der Waals surface area contributed by atoms with Crippen molar-refractivity contribution in [2.24, 2.45) is 0 Å². The monoisotopic (exact) mass is 477 g/mol. The van der Waals surface area contributed by atoms with E-state index in [4.69, 9.17) is 0 Å². The highest BCUT2D eigenvalue weighted by Gasteiger charge is 2.39. The smallest absolute Gasteiger partial charge is 0.251 e. The lowest BCUT2D eigenvalue weighted by atomic mass is 10.0. The molecule has 4 aromatic rings. The number of nitrogens with zero attached hydrogens (tertiary/aromatic N) is 2. The highest BCUT2D eigenvalue weighted by Crippen LogP contribution is 2.33. The summed E-state index contributed by atoms with van der Waals surface area (Å²) in [6.07, 6.45) is 4.08. The molecule has 1 unspecified atom stereocenters. The first-order valence-corrected chi connectivity index (χ1v) is 12.8. The Morgan fingerprint density at radius 2 is 1.88 bits per heavy atom. The van der Waals surface area contributed by atoms with Crippen LogP contribution in [0.3, 0.4) is 0 Å². The van der Waals surface area contributed by atoms with Crippen molar-refractivity contribution in [1.82, 2.24) is 14.9 Å². The van der Waals surface area contributed by atoms with E-state index in [-0.39, 0.29) is 23.2 Å². The van der Waals surface area contributed by atoms with E-state index in [1.165, 1.54) is 12.1 Å². The maximum absolute atomic E-state index is 13.6. The number of carbonyl (C=O) groups is 1. The predicted molar refractivity (Wildman–Crippen MR) is 130 cm³/mol. The van der Waals surface area contributed by atoms with Gasteiger partial charge in [-0.3, -0.25) is 9.78 Å². The van der Waals surface area contributed by atoms with E-state index in [2.05, 4.69) is 10.3 Å². The van der Waals surface area contributed by atoms with E-state index in [0.29, 0.717) is 12.0 Å². The number of benzene rings is 2. The minimum Gasteiger partial charge on any atom is -0.346 e. The van der Waals surface area contributed by atoms with Gasteiger partial charge in [0, 0.05) is 34.6 Å². The Morgan fingerprint density at radius 3 is 2.56 bits per heavy atom. The molecular weight excluding hydrogens is 453 g/mol. The molecule has 0 saturated carbocycles. The zero-order chi connectivity index (χ0) is 24.1. The largest absolute Gasteiger partial charge is 0.346 e. The molecule has 0 bridgehead atoms. The van der Waals surface area contributed by atoms with Crippen LogP contribution in [-0.4, -0.2) is 40.9 Å². The molecule has 2 aromatic carbocycles. The van der Waals surface area contributed by atoms with Crippen molar-refractivity contribution < 1.29 is 17.6 Å². The van der Waals surface area contributed by atoms with Gasteiger partial charge in [0.2, 0.25) is 0 Å². The third kappa shape index (κ3) is 4.21. The van der Waals surface area contributed by atoms with Crippen LogP contribution < -0.4 is 5.32 Å². The van der Waals surface area contributed by atoms with Crippen LogP contribution in [0, 0.1) is 12.7 Å². The number of nitrogens with one attached hydrogen (secondary N) is 1. The quantitative estimate of drug-likeness (QED) is 0.471. The fourth-order valence-electron chi connectivity index (χ4n) is 4.53. The Labute approximate surface area is 197 Å². The summed E-state index contributed by atoms with van der Waals surface area (Å²) in [5, 5.41) is 3.81. The zero-order valence-electron chi connectivity index (χ0n) is 18.9. The number of sulfone groups is 1. The van der Waals surface area contributed by atoms with Crippen molar-refractivity contribution >= 4 is 26.6 Å². The topological polar surface area (TPSA) is 81.1 Å². The molecule has 0 radical (unpaired) electrons. The van der Waals surface area contributed by atoms with Gasteiger partial charge in [-0.15, -0.1) is 0 Å². The van der Waals surface area contributed by atoms with Gasteiger partial charge < -0.3 is 9.88 Å². The number of aromatic nitrogens is 2. The molecule has 5 rings (SSSR count). The van der Waals surface area contributed by atoms with Crippen LogP contribution in [0.1, 0.15) is 29.3 Å². The van der Waals surface area contributed by atoms with Gasteiger partial charge in [0.15, 0.2) is 9.84 Å². The van der Waals surface area contributed by atoms with Crippen molar-refractivity contribution in [3.8, 4) is 16.9 Å². The summed E-state index contributed by atoms with van der Waals surface area (Å²) >= 11 is 0. The number of carbonyl (C=O) groups excluding carboxylic acids is 1. The van der Waals surface area contributed by atoms with E-state index in [9.17, 15) is 17.6 Å². The van der Waals surface area contributed by atoms with Crippen molar-refractivity contribution in [3.05, 3.63) is 83.9 Å². The van der Waals surface area contributed by atoms with Gasteiger partial charge in [0.05, 0.1) is 28.3 Å². The molecule has 3 heterocycles. The van der Waals surface area contributed by atoms with Crippen LogP contribution in [0.2, 0.25) is 0 Å². The van der Waals surface area contributed by atoms with E-state index < -0.39 is 15.4 Å². The van der Waals surface area contributed by atoms with Gasteiger partial charge in [-0.2, -0.15) is 0 Å². The molecule has 1 aliphatic rings. The molecule has 6 nitrogen and oxygen atoms in total. The lowest BCUT2D eigenvalue weighted by Gasteiger charge is -2.24. The van der Waals surface area contributed by atoms with Crippen LogP contribution >= 0.6 is 0 Å². The minimum atomic E-state index is -3.15. The number of hydrogen-bond acceptors (Lipinski definition) is 4. The fraction of sp³-hybridized carbons (Fsp3) is 0.231. The summed E-state index contributed by atoms with van der Waals surface area (Å²) in [6, 6.07) is 15.4. The predicted octanol–water partition coefficient (Wildman–Crippen LogP) is 4.45. The van der Waals surface area contributed by atoms with E-state index in [1.807, 2.05) is 35.9 Å². The number of amides is 1. The summed E-state index contributed by atoms with van der Waals surface area (Å²) in [7, 11) is -3.15. The number of fused-ring (bicyclic) bond motifs is 1. The lowest BCUT2D eigenvalue weighted by Crippen LogP contribution is -2.46. The normalized spacial score (nSPS) is 19.4. The second-order valence-corrected chi connectivity index (χ2v) is 11.4. The maximum atomic E-state index is 13.6. The van der Waals surface area contributed by atoms with E-state index >= 15 is 0 Å². The molecular formula is C26H24FN3O3S. The average molecular weight is 478 g/mol. The van der Waals surface area contributed by atoms with Crippen LogP contribution in [-0.2, 0) is 9.84 Å². The molecule has 8 heteroatoms. The number of halogens is 1. The van der Waals surface area contributed by atoms with E-state index in [1.54, 1.807) is 37.4 Å². The Balaban J connectivity index is 1.61. The van der Waals surface area contributed by atoms with Gasteiger partial charge in [0.1, 0.15) is 5.82 Å². The molecule has 34 heavy (non-hydrogen) atoms. The van der Waals surface area contributed by atoms with Crippen LogP contribution in [0.15, 0.2) is 67.0 Å². The van der Waals surface area contributed by atoms with Crippen molar-refractivity contribution in [3.63, 3.8) is 0 Å². The maximum Gasteiger partial charge on any atom is 0.251 e. The molecule has 0 spiro atoms. The fourth-order valence-corrected chi connectivity index (χ4v) is 6.62. The second-order valence-electron chi connectivity index (χ2n) is 9.20. The van der Waals surface area contributed by atoms with Gasteiger partial charge in [0.25, 0.3) is 5.91 Å². The summed E-state index contributed by atoms with van der Waals surface area (Å²) in [5.74, 6) is -0.657. The van der Waals surface area contributed by atoms with Crippen molar-refractivity contribution in [1.29, 1.82) is 0 Å². The van der Waals surface area contributed by atoms with Gasteiger partial charge in [-0.05, 0) is 74.4 Å². The molecule has 2 aromatic heterocycles. The first-order chi connectivity index (χ1) is 16.1. The molecule has 1 fully saturated rings. The molecule has 1 N–H and O–H groups in total. The average Bonchev–Trinajstić information content (AvgIpc) is 3.30. The highest BCUT2D eigenvalue weighted by molar-refractivity contribution is 7.91. The molecule has 1 aliphatic heterocycles. The number of pyridine rings is 1. The molecule has 0 aliphatic carbocycles. The third-order valence-corrected chi connectivity index (χ3v) is 8.19. The Kier molecular flexibility index (Phi) is 5.28. The van der Waals surface area contributed by atoms with Crippen LogP contribution in [0.25, 0.3) is 27.8 Å². The summed E-state index contributed by atoms with van der Waals surface area (Å²) in [6.45, 7) is 3.76. The number of rotatable bonds is 4. The van der Waals surface area contributed by atoms with Gasteiger partial charge in [-0.1, -0.05) is 6.07 Å². The van der Waals surface area contributed by atoms with Gasteiger partial charge in [-0.25, -0.2) is 12.8 Å². The number of aryl methyl sites for hydroxylation is 1. The van der Waals surface area contributed by atoms with Crippen LogP contribution in [0.5, 0.6) is 0 Å². The van der Waals surface area contributed by atoms with Gasteiger partial charge >= 0.3 is 0 Å². The first-order valence-electron chi connectivity index (χ1n) is 11.0. The summed E-state index contributed by atoms with van der Waals surface area (Å²) < 4.78 is 39.4. The Morgan fingerprint density at radius 1 is 1.12 bits per heavy atom. The van der Waals surface area contributed by atoms with Crippen molar-refractivity contribution in [2.75, 3.05) is 11.5 Å². The first kappa shape index (κ1) is 22.3. The molecule has 174 valence electrons. The summed E-state index contributed by atoms with van der Waals surface area (Å²) in [5.41, 5.74) is 3.90. The zero-order valence-corrected chi connectivity index (χ0v) is 19.7. The highest BCUT2D eigenvalue weighted by atomic mass is 32.2. The summed E-state index contributed by atoms with van der Waals surface area (Å²) in [4.78, 5) is 17.6. The molecule has 1 amide bonds. The molecule has 1 atom stereocenters. The minimum absolute atomic E-state index is 0.0664. The van der Waals surface area contributed by atoms with E-state index in [0.717, 1.165) is 33.4 Å². The lowest BCUT2D eigenvalue weighted by molar-refractivity contribution is 0.0915. The SMILES string of the molecule is Cc1ccnc(-c2cn(-c3ccc(F)cc3)c3cc(C(=O)NC4(C)CCS(=O)(=O)C4)ccc23)c1. The number of hydrogen-bond donors (Lipinski definition) is 1. The molecule has 1 saturated heterocycles. The van der Waals surface area contributed by atoms with Crippen LogP contribution in [0.4, 0.5) is 4.39 Å². The Bertz CT molecular complexity index is 1530. The standard InChI is InChI=1S/C26H24FN3O3S/c1-17-9-11-28-23(13-17)22-15-30(20-6-4-19(27)5-7-20)24-14-18(3-8-21(22)24)25(31)29-26(2)10-12-34(32,33)16-26/h3-9,11,13-15H,10,12,16H2,1-2H3,(H,29,31). The third-order valence-electron chi connectivity index (χ3n) is 6.28. The van der Waals surface area contributed by atoms with Crippen molar-refractivity contribution in [2.45, 2.75) is 25.8 Å². The second kappa shape index (κ2) is 8.06.